The Morgan fingerprint density at radius 3 is 2.71 bits per heavy atom. The molecule has 2 aliphatic heterocycles. The first-order chi connectivity index (χ1) is 9.85. The molecule has 2 fully saturated rings. The van der Waals surface area contributed by atoms with Crippen molar-refractivity contribution in [3.63, 3.8) is 0 Å². The predicted octanol–water partition coefficient (Wildman–Crippen LogP) is 1.60. The lowest BCUT2D eigenvalue weighted by Gasteiger charge is -2.43. The summed E-state index contributed by atoms with van der Waals surface area (Å²) in [6.45, 7) is 4.37. The van der Waals surface area contributed by atoms with Crippen LogP contribution in [-0.2, 0) is 14.8 Å². The standard InChI is InChI=1S/C15H30N2O3S/c1-15(8-4-5-10-20-15)14(16-2)11-13-7-6-9-17(12-13)21(3,18)19/h13-14,16H,4-12H2,1-3H3. The summed E-state index contributed by atoms with van der Waals surface area (Å²) in [6.07, 6.45) is 7.83. The number of rotatable bonds is 5. The number of hydrogen-bond donors (Lipinski definition) is 1. The van der Waals surface area contributed by atoms with Crippen LogP contribution in [-0.4, -0.2) is 57.4 Å². The molecule has 5 nitrogen and oxygen atoms in total. The van der Waals surface area contributed by atoms with Gasteiger partial charge in [-0.05, 0) is 58.4 Å². The molecule has 2 heterocycles. The zero-order chi connectivity index (χ0) is 15.5. The van der Waals surface area contributed by atoms with Crippen LogP contribution in [0.25, 0.3) is 0 Å². The van der Waals surface area contributed by atoms with Crippen LogP contribution in [0.3, 0.4) is 0 Å². The molecule has 0 aromatic heterocycles. The molecule has 1 N–H and O–H groups in total. The molecule has 0 aliphatic carbocycles. The Labute approximate surface area is 129 Å². The van der Waals surface area contributed by atoms with E-state index in [0.717, 1.165) is 38.7 Å². The van der Waals surface area contributed by atoms with E-state index in [9.17, 15) is 8.42 Å². The second-order valence-electron chi connectivity index (χ2n) is 6.82. The van der Waals surface area contributed by atoms with Crippen molar-refractivity contribution in [1.29, 1.82) is 0 Å². The lowest BCUT2D eigenvalue weighted by atomic mass is 9.81. The van der Waals surface area contributed by atoms with Gasteiger partial charge in [-0.2, -0.15) is 0 Å². The predicted molar refractivity (Wildman–Crippen MR) is 84.8 cm³/mol. The van der Waals surface area contributed by atoms with Crippen molar-refractivity contribution in [3.05, 3.63) is 0 Å². The van der Waals surface area contributed by atoms with Crippen molar-refractivity contribution in [2.24, 2.45) is 5.92 Å². The summed E-state index contributed by atoms with van der Waals surface area (Å²) >= 11 is 0. The summed E-state index contributed by atoms with van der Waals surface area (Å²) in [6, 6.07) is 0.294. The smallest absolute Gasteiger partial charge is 0.211 e. The first-order valence-corrected chi connectivity index (χ1v) is 9.96. The van der Waals surface area contributed by atoms with Gasteiger partial charge in [0, 0.05) is 25.7 Å². The van der Waals surface area contributed by atoms with Crippen molar-refractivity contribution in [1.82, 2.24) is 9.62 Å². The highest BCUT2D eigenvalue weighted by Gasteiger charge is 2.38. The van der Waals surface area contributed by atoms with E-state index < -0.39 is 10.0 Å². The van der Waals surface area contributed by atoms with Gasteiger partial charge < -0.3 is 10.1 Å². The largest absolute Gasteiger partial charge is 0.374 e. The zero-order valence-electron chi connectivity index (χ0n) is 13.6. The number of piperidine rings is 1. The molecule has 2 rings (SSSR count). The molecule has 0 amide bonds. The van der Waals surface area contributed by atoms with E-state index in [1.54, 1.807) is 4.31 Å². The average Bonchev–Trinajstić information content (AvgIpc) is 2.45. The van der Waals surface area contributed by atoms with Gasteiger partial charge in [0.15, 0.2) is 0 Å². The van der Waals surface area contributed by atoms with Crippen LogP contribution in [0, 0.1) is 5.92 Å². The molecule has 3 unspecified atom stereocenters. The van der Waals surface area contributed by atoms with Crippen molar-refractivity contribution in [2.75, 3.05) is 33.0 Å². The third-order valence-corrected chi connectivity index (χ3v) is 6.37. The van der Waals surface area contributed by atoms with Gasteiger partial charge in [-0.25, -0.2) is 12.7 Å². The number of hydrogen-bond acceptors (Lipinski definition) is 4. The van der Waals surface area contributed by atoms with E-state index in [2.05, 4.69) is 12.2 Å². The van der Waals surface area contributed by atoms with Crippen LogP contribution in [0.15, 0.2) is 0 Å². The van der Waals surface area contributed by atoms with Crippen molar-refractivity contribution < 1.29 is 13.2 Å². The van der Waals surface area contributed by atoms with Gasteiger partial charge in [0.1, 0.15) is 0 Å². The van der Waals surface area contributed by atoms with Gasteiger partial charge in [-0.15, -0.1) is 0 Å². The van der Waals surface area contributed by atoms with Gasteiger partial charge >= 0.3 is 0 Å². The van der Waals surface area contributed by atoms with Gasteiger partial charge in [0.05, 0.1) is 11.9 Å². The quantitative estimate of drug-likeness (QED) is 0.836. The van der Waals surface area contributed by atoms with Gasteiger partial charge in [-0.1, -0.05) is 0 Å². The Morgan fingerprint density at radius 2 is 2.14 bits per heavy atom. The molecule has 21 heavy (non-hydrogen) atoms. The Bertz CT molecular complexity index is 432. The van der Waals surface area contributed by atoms with E-state index >= 15 is 0 Å². The summed E-state index contributed by atoms with van der Waals surface area (Å²) < 4.78 is 31.2. The molecule has 2 saturated heterocycles. The molecule has 0 saturated carbocycles. The maximum absolute atomic E-state index is 11.7. The Balaban J connectivity index is 1.98. The molecule has 0 bridgehead atoms. The second-order valence-corrected chi connectivity index (χ2v) is 8.81. The number of likely N-dealkylation sites (N-methyl/N-ethyl adjacent to an activating group) is 1. The maximum atomic E-state index is 11.7. The fourth-order valence-corrected chi connectivity index (χ4v) is 4.70. The first kappa shape index (κ1) is 17.2. The minimum absolute atomic E-state index is 0.111. The zero-order valence-corrected chi connectivity index (χ0v) is 14.4. The van der Waals surface area contributed by atoms with Crippen molar-refractivity contribution in [2.45, 2.75) is 57.1 Å². The number of ether oxygens (including phenoxy) is 1. The van der Waals surface area contributed by atoms with E-state index in [0.29, 0.717) is 25.0 Å². The third-order valence-electron chi connectivity index (χ3n) is 5.10. The normalized spacial score (nSPS) is 33.8. The average molecular weight is 318 g/mol. The lowest BCUT2D eigenvalue weighted by Crippen LogP contribution is -2.53. The minimum Gasteiger partial charge on any atom is -0.374 e. The number of nitrogens with zero attached hydrogens (tertiary/aromatic N) is 1. The molecule has 2 aliphatic rings. The SMILES string of the molecule is CNC(CC1CCCN(S(C)(=O)=O)C1)C1(C)CCCCO1. The summed E-state index contributed by atoms with van der Waals surface area (Å²) in [4.78, 5) is 0. The van der Waals surface area contributed by atoms with Gasteiger partial charge in [0.25, 0.3) is 0 Å². The summed E-state index contributed by atoms with van der Waals surface area (Å²) in [5, 5.41) is 3.42. The van der Waals surface area contributed by atoms with E-state index in [-0.39, 0.29) is 5.60 Å². The third kappa shape index (κ3) is 4.41. The van der Waals surface area contributed by atoms with Crippen molar-refractivity contribution >= 4 is 10.0 Å². The van der Waals surface area contributed by atoms with Gasteiger partial charge in [-0.3, -0.25) is 0 Å². The minimum atomic E-state index is -3.06. The molecule has 0 radical (unpaired) electrons. The van der Waals surface area contributed by atoms with E-state index in [1.165, 1.54) is 12.7 Å². The molecule has 0 aromatic carbocycles. The van der Waals surface area contributed by atoms with Crippen LogP contribution in [0.1, 0.15) is 45.4 Å². The molecule has 0 aromatic rings. The highest BCUT2D eigenvalue weighted by molar-refractivity contribution is 7.88. The van der Waals surface area contributed by atoms with Crippen LogP contribution >= 0.6 is 0 Å². The van der Waals surface area contributed by atoms with Crippen LogP contribution < -0.4 is 5.32 Å². The highest BCUT2D eigenvalue weighted by atomic mass is 32.2. The Kier molecular flexibility index (Phi) is 5.68. The second kappa shape index (κ2) is 6.94. The number of nitrogens with one attached hydrogen (secondary N) is 1. The monoisotopic (exact) mass is 318 g/mol. The molecule has 124 valence electrons. The van der Waals surface area contributed by atoms with E-state index in [1.807, 2.05) is 7.05 Å². The fraction of sp³-hybridized carbons (Fsp3) is 1.00. The number of sulfonamides is 1. The Hall–Kier alpha value is -0.170. The molecular weight excluding hydrogens is 288 g/mol. The van der Waals surface area contributed by atoms with Crippen LogP contribution in [0.5, 0.6) is 0 Å². The first-order valence-electron chi connectivity index (χ1n) is 8.11. The fourth-order valence-electron chi connectivity index (χ4n) is 3.76. The van der Waals surface area contributed by atoms with Crippen LogP contribution in [0.2, 0.25) is 0 Å². The highest BCUT2D eigenvalue weighted by Crippen LogP contribution is 2.33. The molecule has 3 atom stereocenters. The molecule has 0 spiro atoms. The molecule has 6 heteroatoms. The topological polar surface area (TPSA) is 58.6 Å². The summed E-state index contributed by atoms with van der Waals surface area (Å²) in [7, 11) is -1.07. The van der Waals surface area contributed by atoms with E-state index in [4.69, 9.17) is 4.74 Å². The van der Waals surface area contributed by atoms with Crippen molar-refractivity contribution in [3.8, 4) is 0 Å². The van der Waals surface area contributed by atoms with Crippen LogP contribution in [0.4, 0.5) is 0 Å². The summed E-state index contributed by atoms with van der Waals surface area (Å²) in [5.74, 6) is 0.424. The maximum Gasteiger partial charge on any atom is 0.211 e. The summed E-state index contributed by atoms with van der Waals surface area (Å²) in [5.41, 5.74) is -0.111. The Morgan fingerprint density at radius 1 is 1.38 bits per heavy atom. The molecular formula is C15H30N2O3S. The lowest BCUT2D eigenvalue weighted by molar-refractivity contribution is -0.0921. The van der Waals surface area contributed by atoms with Gasteiger partial charge in [0.2, 0.25) is 10.0 Å².